The van der Waals surface area contributed by atoms with Crippen molar-refractivity contribution in [3.05, 3.63) is 0 Å². The Labute approximate surface area is 115 Å². The Morgan fingerprint density at radius 3 is 2.28 bits per heavy atom. The molecule has 2 amide bonds. The van der Waals surface area contributed by atoms with Crippen LogP contribution in [0.3, 0.4) is 0 Å². The van der Waals surface area contributed by atoms with Gasteiger partial charge in [-0.25, -0.2) is 0 Å². The molecule has 2 aliphatic rings. The van der Waals surface area contributed by atoms with Crippen molar-refractivity contribution in [1.29, 1.82) is 0 Å². The first kappa shape index (κ1) is 13.9. The molecule has 0 bridgehead atoms. The Morgan fingerprint density at radius 2 is 1.83 bits per heavy atom. The molecule has 0 N–H and O–H groups in total. The molecular weight excluding hydrogens is 246 g/mol. The lowest BCUT2D eigenvalue weighted by Crippen LogP contribution is -2.37. The highest BCUT2D eigenvalue weighted by Gasteiger charge is 2.51. The first-order valence-corrected chi connectivity index (χ1v) is 7.67. The van der Waals surface area contributed by atoms with Crippen LogP contribution in [0.5, 0.6) is 0 Å². The Morgan fingerprint density at radius 1 is 1.28 bits per heavy atom. The van der Waals surface area contributed by atoms with Gasteiger partial charge in [-0.15, -0.1) is 0 Å². The van der Waals surface area contributed by atoms with E-state index < -0.39 is 0 Å². The van der Waals surface area contributed by atoms with Gasteiger partial charge in [0.05, 0.1) is 11.8 Å². The number of carbonyl (C=O) groups excluding carboxylic acids is 2. The van der Waals surface area contributed by atoms with E-state index in [0.29, 0.717) is 18.4 Å². The SMILES string of the molecule is CCCC(CS)CN1C(=O)C2CC(C)CC2C1=O. The van der Waals surface area contributed by atoms with E-state index >= 15 is 0 Å². The van der Waals surface area contributed by atoms with Crippen LogP contribution in [0.2, 0.25) is 0 Å². The number of hydrogen-bond acceptors (Lipinski definition) is 3. The molecule has 3 nitrogen and oxygen atoms in total. The summed E-state index contributed by atoms with van der Waals surface area (Å²) in [5, 5.41) is 0. The van der Waals surface area contributed by atoms with Crippen molar-refractivity contribution in [2.45, 2.75) is 39.5 Å². The molecule has 3 atom stereocenters. The summed E-state index contributed by atoms with van der Waals surface area (Å²) in [4.78, 5) is 26.1. The largest absolute Gasteiger partial charge is 0.282 e. The van der Waals surface area contributed by atoms with E-state index in [9.17, 15) is 9.59 Å². The first-order chi connectivity index (χ1) is 8.58. The summed E-state index contributed by atoms with van der Waals surface area (Å²) < 4.78 is 0. The van der Waals surface area contributed by atoms with Crippen molar-refractivity contribution >= 4 is 24.4 Å². The number of rotatable bonds is 5. The zero-order valence-corrected chi connectivity index (χ0v) is 12.2. The lowest BCUT2D eigenvalue weighted by molar-refractivity contribution is -0.141. The van der Waals surface area contributed by atoms with E-state index in [-0.39, 0.29) is 23.7 Å². The number of amides is 2. The van der Waals surface area contributed by atoms with Crippen molar-refractivity contribution < 1.29 is 9.59 Å². The average molecular weight is 269 g/mol. The molecule has 1 heterocycles. The lowest BCUT2D eigenvalue weighted by Gasteiger charge is -2.22. The van der Waals surface area contributed by atoms with Gasteiger partial charge in [0, 0.05) is 6.54 Å². The monoisotopic (exact) mass is 269 g/mol. The quantitative estimate of drug-likeness (QED) is 0.614. The van der Waals surface area contributed by atoms with Crippen molar-refractivity contribution in [2.75, 3.05) is 12.3 Å². The molecule has 102 valence electrons. The summed E-state index contributed by atoms with van der Waals surface area (Å²) in [6.45, 7) is 4.84. The fourth-order valence-electron chi connectivity index (χ4n) is 3.43. The number of hydrogen-bond donors (Lipinski definition) is 1. The maximum Gasteiger partial charge on any atom is 0.233 e. The second-order valence-corrected chi connectivity index (χ2v) is 6.28. The van der Waals surface area contributed by atoms with Gasteiger partial charge >= 0.3 is 0 Å². The van der Waals surface area contributed by atoms with Crippen LogP contribution in [-0.2, 0) is 9.59 Å². The van der Waals surface area contributed by atoms with Gasteiger partial charge in [-0.05, 0) is 36.9 Å². The molecule has 0 spiro atoms. The number of likely N-dealkylation sites (tertiary alicyclic amines) is 1. The van der Waals surface area contributed by atoms with Crippen LogP contribution in [0.1, 0.15) is 39.5 Å². The fraction of sp³-hybridized carbons (Fsp3) is 0.857. The normalized spacial score (nSPS) is 33.1. The second-order valence-electron chi connectivity index (χ2n) is 5.91. The van der Waals surface area contributed by atoms with E-state index in [1.54, 1.807) is 0 Å². The number of carbonyl (C=O) groups is 2. The molecule has 0 aromatic rings. The highest BCUT2D eigenvalue weighted by atomic mass is 32.1. The topological polar surface area (TPSA) is 37.4 Å². The van der Waals surface area contributed by atoms with Crippen molar-refractivity contribution in [1.82, 2.24) is 4.90 Å². The van der Waals surface area contributed by atoms with E-state index in [2.05, 4.69) is 26.5 Å². The summed E-state index contributed by atoms with van der Waals surface area (Å²) >= 11 is 4.33. The van der Waals surface area contributed by atoms with Gasteiger partial charge in [0.1, 0.15) is 0 Å². The molecule has 0 aromatic carbocycles. The molecule has 0 aromatic heterocycles. The molecule has 2 rings (SSSR count). The third-order valence-corrected chi connectivity index (χ3v) is 4.88. The van der Waals surface area contributed by atoms with Crippen LogP contribution in [0.4, 0.5) is 0 Å². The molecule has 3 unspecified atom stereocenters. The van der Waals surface area contributed by atoms with Crippen LogP contribution in [0.25, 0.3) is 0 Å². The van der Waals surface area contributed by atoms with E-state index in [1.165, 1.54) is 4.90 Å². The smallest absolute Gasteiger partial charge is 0.233 e. The van der Waals surface area contributed by atoms with Crippen LogP contribution in [0, 0.1) is 23.7 Å². The van der Waals surface area contributed by atoms with Gasteiger partial charge < -0.3 is 0 Å². The van der Waals surface area contributed by atoms with Gasteiger partial charge in [-0.3, -0.25) is 14.5 Å². The molecule has 1 aliphatic heterocycles. The molecule has 1 saturated heterocycles. The fourth-order valence-corrected chi connectivity index (χ4v) is 3.73. The Bertz CT molecular complexity index is 321. The predicted octanol–water partition coefficient (Wildman–Crippen LogP) is 2.36. The average Bonchev–Trinajstić information content (AvgIpc) is 2.82. The molecule has 18 heavy (non-hydrogen) atoms. The molecule has 0 radical (unpaired) electrons. The number of fused-ring (bicyclic) bond motifs is 1. The van der Waals surface area contributed by atoms with Gasteiger partial charge in [-0.2, -0.15) is 12.6 Å². The molecular formula is C14H23NO2S. The van der Waals surface area contributed by atoms with Crippen molar-refractivity contribution in [3.63, 3.8) is 0 Å². The number of nitrogens with zero attached hydrogens (tertiary/aromatic N) is 1. The summed E-state index contributed by atoms with van der Waals surface area (Å²) in [5.74, 6) is 1.74. The van der Waals surface area contributed by atoms with Crippen LogP contribution in [0.15, 0.2) is 0 Å². The summed E-state index contributed by atoms with van der Waals surface area (Å²) in [7, 11) is 0. The highest BCUT2D eigenvalue weighted by molar-refractivity contribution is 7.80. The third-order valence-electron chi connectivity index (χ3n) is 4.36. The summed E-state index contributed by atoms with van der Waals surface area (Å²) in [5.41, 5.74) is 0. The van der Waals surface area contributed by atoms with E-state index in [1.807, 2.05) is 0 Å². The Hall–Kier alpha value is -0.510. The standard InChI is InChI=1S/C14H23NO2S/c1-3-4-10(8-18)7-15-13(16)11-5-9(2)6-12(11)14(15)17/h9-12,18H,3-8H2,1-2H3. The Balaban J connectivity index is 2.03. The predicted molar refractivity (Wildman–Crippen MR) is 74.3 cm³/mol. The molecule has 1 aliphatic carbocycles. The minimum atomic E-state index is -0.0188. The lowest BCUT2D eigenvalue weighted by atomic mass is 10.00. The van der Waals surface area contributed by atoms with Gasteiger partial charge in [0.25, 0.3) is 0 Å². The van der Waals surface area contributed by atoms with Crippen LogP contribution in [-0.4, -0.2) is 29.0 Å². The van der Waals surface area contributed by atoms with Crippen LogP contribution >= 0.6 is 12.6 Å². The Kier molecular flexibility index (Phi) is 4.36. The first-order valence-electron chi connectivity index (χ1n) is 7.04. The maximum atomic E-state index is 12.3. The number of imide groups is 1. The highest BCUT2D eigenvalue weighted by Crippen LogP contribution is 2.43. The zero-order chi connectivity index (χ0) is 13.3. The molecule has 4 heteroatoms. The minimum Gasteiger partial charge on any atom is -0.282 e. The zero-order valence-electron chi connectivity index (χ0n) is 11.3. The second kappa shape index (κ2) is 5.64. The van der Waals surface area contributed by atoms with Gasteiger partial charge in [0.2, 0.25) is 11.8 Å². The van der Waals surface area contributed by atoms with Gasteiger partial charge in [0.15, 0.2) is 0 Å². The van der Waals surface area contributed by atoms with Crippen molar-refractivity contribution in [2.24, 2.45) is 23.7 Å². The van der Waals surface area contributed by atoms with E-state index in [0.717, 1.165) is 31.4 Å². The molecule has 1 saturated carbocycles. The summed E-state index contributed by atoms with van der Waals surface area (Å²) in [6.07, 6.45) is 3.90. The molecule has 2 fully saturated rings. The van der Waals surface area contributed by atoms with Gasteiger partial charge in [-0.1, -0.05) is 20.3 Å². The third kappa shape index (κ3) is 2.44. The summed E-state index contributed by atoms with van der Waals surface area (Å²) in [6, 6.07) is 0. The van der Waals surface area contributed by atoms with E-state index in [4.69, 9.17) is 0 Å². The maximum absolute atomic E-state index is 12.3. The van der Waals surface area contributed by atoms with Crippen LogP contribution < -0.4 is 0 Å². The minimum absolute atomic E-state index is 0.0188. The van der Waals surface area contributed by atoms with Crippen molar-refractivity contribution in [3.8, 4) is 0 Å². The number of thiol groups is 1.